The van der Waals surface area contributed by atoms with Crippen LogP contribution in [0.25, 0.3) is 11.0 Å². The molecule has 1 saturated heterocycles. The van der Waals surface area contributed by atoms with Gasteiger partial charge in [0.15, 0.2) is 0 Å². The number of piperidine rings is 1. The minimum atomic E-state index is -0.948. The number of aliphatic carboxylic acids is 1. The van der Waals surface area contributed by atoms with Crippen LogP contribution in [-0.2, 0) is 9.59 Å². The van der Waals surface area contributed by atoms with E-state index < -0.39 is 5.97 Å². The predicted octanol–water partition coefficient (Wildman–Crippen LogP) is 1.39. The molecule has 2 aromatic heterocycles. The number of hydrogen-bond donors (Lipinski definition) is 3. The molecule has 1 amide bonds. The van der Waals surface area contributed by atoms with Crippen molar-refractivity contribution in [3.8, 4) is 0 Å². The fraction of sp³-hybridized carbons (Fsp3) is 0.375. The fourth-order valence-corrected chi connectivity index (χ4v) is 2.84. The fourth-order valence-electron chi connectivity index (χ4n) is 2.84. The van der Waals surface area contributed by atoms with Crippen molar-refractivity contribution in [3.05, 3.63) is 30.7 Å². The Kier molecular flexibility index (Phi) is 4.74. The number of carboxylic acids is 1. The molecule has 3 N–H and O–H groups in total. The molecule has 1 aliphatic rings. The van der Waals surface area contributed by atoms with Crippen LogP contribution < -0.4 is 5.32 Å². The molecule has 1 atom stereocenters. The van der Waals surface area contributed by atoms with Gasteiger partial charge in [-0.15, -0.1) is 0 Å². The second kappa shape index (κ2) is 7.12. The molecule has 0 saturated carbocycles. The maximum Gasteiger partial charge on any atom is 0.307 e. The summed E-state index contributed by atoms with van der Waals surface area (Å²) in [6.07, 6.45) is 7.72. The van der Waals surface area contributed by atoms with Crippen molar-refractivity contribution < 1.29 is 14.7 Å². The van der Waals surface area contributed by atoms with E-state index in [-0.39, 0.29) is 18.4 Å². The lowest BCUT2D eigenvalue weighted by atomic mass is 10.1. The predicted molar refractivity (Wildman–Crippen MR) is 88.5 cm³/mol. The van der Waals surface area contributed by atoms with Crippen molar-refractivity contribution in [2.45, 2.75) is 25.3 Å². The number of carboxylic acid groups (broad SMARTS) is 1. The molecule has 3 rings (SSSR count). The van der Waals surface area contributed by atoms with E-state index in [1.165, 1.54) is 18.5 Å². The Balaban J connectivity index is 1.63. The number of carbonyl (C=O) groups excluding carboxylic acids is 1. The molecule has 3 heterocycles. The lowest BCUT2D eigenvalue weighted by molar-refractivity contribution is -0.136. The average molecular weight is 329 g/mol. The Morgan fingerprint density at radius 1 is 1.46 bits per heavy atom. The van der Waals surface area contributed by atoms with Gasteiger partial charge in [0.25, 0.3) is 0 Å². The largest absolute Gasteiger partial charge is 0.481 e. The number of hydrogen-bond acceptors (Lipinski definition) is 5. The van der Waals surface area contributed by atoms with E-state index in [1.54, 1.807) is 4.90 Å². The Labute approximate surface area is 138 Å². The standard InChI is InChI=1S/C16H19N5O3/c22-13(4-1-5-14(23)24)21-8-2-3-11(9-21)20-16-12-6-7-17-15(12)18-10-19-16/h1,4,6-7,10-11H,2-3,5,8-9H2,(H,23,24)(H2,17,18,19,20)/b4-1+/t11-/m1/s1. The third-order valence-electron chi connectivity index (χ3n) is 3.98. The van der Waals surface area contributed by atoms with Gasteiger partial charge in [-0.1, -0.05) is 6.08 Å². The second-order valence-electron chi connectivity index (χ2n) is 5.73. The van der Waals surface area contributed by atoms with Gasteiger partial charge in [-0.25, -0.2) is 9.97 Å². The zero-order chi connectivity index (χ0) is 16.9. The van der Waals surface area contributed by atoms with Crippen LogP contribution in [0.4, 0.5) is 5.82 Å². The zero-order valence-electron chi connectivity index (χ0n) is 13.1. The van der Waals surface area contributed by atoms with Crippen LogP contribution in [0.5, 0.6) is 0 Å². The molecule has 0 spiro atoms. The molecule has 1 aliphatic heterocycles. The first kappa shape index (κ1) is 16.0. The number of aromatic nitrogens is 3. The smallest absolute Gasteiger partial charge is 0.307 e. The summed E-state index contributed by atoms with van der Waals surface area (Å²) >= 11 is 0. The molecule has 1 fully saturated rings. The summed E-state index contributed by atoms with van der Waals surface area (Å²) in [5.41, 5.74) is 0.771. The van der Waals surface area contributed by atoms with Crippen molar-refractivity contribution in [2.24, 2.45) is 0 Å². The lowest BCUT2D eigenvalue weighted by Crippen LogP contribution is -2.44. The number of fused-ring (bicyclic) bond motifs is 1. The van der Waals surface area contributed by atoms with Gasteiger partial charge in [0, 0.05) is 25.3 Å². The number of aromatic amines is 1. The number of nitrogens with zero attached hydrogens (tertiary/aromatic N) is 3. The summed E-state index contributed by atoms with van der Waals surface area (Å²) in [4.78, 5) is 35.9. The number of H-pyrrole nitrogens is 1. The van der Waals surface area contributed by atoms with Gasteiger partial charge in [-0.2, -0.15) is 0 Å². The number of rotatable bonds is 5. The second-order valence-corrected chi connectivity index (χ2v) is 5.73. The van der Waals surface area contributed by atoms with Crippen molar-refractivity contribution in [2.75, 3.05) is 18.4 Å². The summed E-state index contributed by atoms with van der Waals surface area (Å²) in [6, 6.07) is 2.02. The Morgan fingerprint density at radius 3 is 3.17 bits per heavy atom. The molecule has 8 heteroatoms. The topological polar surface area (TPSA) is 111 Å². The van der Waals surface area contributed by atoms with Gasteiger partial charge >= 0.3 is 5.97 Å². The van der Waals surface area contributed by atoms with Gasteiger partial charge in [-0.3, -0.25) is 9.59 Å². The average Bonchev–Trinajstić information content (AvgIpc) is 3.04. The van der Waals surface area contributed by atoms with Crippen LogP contribution in [-0.4, -0.2) is 56.0 Å². The molecule has 0 aliphatic carbocycles. The SMILES string of the molecule is O=C(O)C/C=C/C(=O)N1CCC[C@@H](Nc2ncnc3[nH]ccc23)C1. The van der Waals surface area contributed by atoms with Crippen LogP contribution in [0.15, 0.2) is 30.7 Å². The van der Waals surface area contributed by atoms with Crippen LogP contribution >= 0.6 is 0 Å². The molecule has 24 heavy (non-hydrogen) atoms. The number of nitrogens with one attached hydrogen (secondary N) is 2. The molecular weight excluding hydrogens is 310 g/mol. The monoisotopic (exact) mass is 329 g/mol. The van der Waals surface area contributed by atoms with E-state index in [4.69, 9.17) is 5.11 Å². The highest BCUT2D eigenvalue weighted by Crippen LogP contribution is 2.21. The van der Waals surface area contributed by atoms with Crippen LogP contribution in [0, 0.1) is 0 Å². The van der Waals surface area contributed by atoms with Crippen molar-refractivity contribution >= 4 is 28.7 Å². The quantitative estimate of drug-likeness (QED) is 0.715. The lowest BCUT2D eigenvalue weighted by Gasteiger charge is -2.32. The number of carbonyl (C=O) groups is 2. The van der Waals surface area contributed by atoms with Gasteiger partial charge in [0.2, 0.25) is 5.91 Å². The van der Waals surface area contributed by atoms with Gasteiger partial charge in [0.05, 0.1) is 11.8 Å². The summed E-state index contributed by atoms with van der Waals surface area (Å²) in [6.45, 7) is 1.24. The van der Waals surface area contributed by atoms with Crippen molar-refractivity contribution in [1.82, 2.24) is 19.9 Å². The maximum absolute atomic E-state index is 12.1. The van der Waals surface area contributed by atoms with Crippen LogP contribution in [0.2, 0.25) is 0 Å². The minimum absolute atomic E-state index is 0.101. The summed E-state index contributed by atoms with van der Waals surface area (Å²) in [7, 11) is 0. The van der Waals surface area contributed by atoms with Crippen LogP contribution in [0.1, 0.15) is 19.3 Å². The van der Waals surface area contributed by atoms with Crippen LogP contribution in [0.3, 0.4) is 0 Å². The van der Waals surface area contributed by atoms with E-state index in [9.17, 15) is 9.59 Å². The number of amides is 1. The first-order valence-electron chi connectivity index (χ1n) is 7.85. The Morgan fingerprint density at radius 2 is 2.33 bits per heavy atom. The summed E-state index contributed by atoms with van der Waals surface area (Å²) in [5.74, 6) is -0.351. The first-order chi connectivity index (χ1) is 11.6. The molecule has 0 radical (unpaired) electrons. The van der Waals surface area contributed by atoms with Crippen molar-refractivity contribution in [1.29, 1.82) is 0 Å². The summed E-state index contributed by atoms with van der Waals surface area (Å²) < 4.78 is 0. The van der Waals surface area contributed by atoms with Gasteiger partial charge in [0.1, 0.15) is 17.8 Å². The summed E-state index contributed by atoms with van der Waals surface area (Å²) in [5, 5.41) is 12.9. The molecule has 0 unspecified atom stereocenters. The molecule has 2 aromatic rings. The Bertz CT molecular complexity index is 770. The third kappa shape index (κ3) is 3.70. The maximum atomic E-state index is 12.1. The highest BCUT2D eigenvalue weighted by Gasteiger charge is 2.23. The molecule has 0 bridgehead atoms. The molecular formula is C16H19N5O3. The molecule has 126 valence electrons. The molecule has 8 nitrogen and oxygen atoms in total. The van der Waals surface area contributed by atoms with Crippen molar-refractivity contribution in [3.63, 3.8) is 0 Å². The Hall–Kier alpha value is -2.90. The number of anilines is 1. The normalized spacial score (nSPS) is 18.2. The third-order valence-corrected chi connectivity index (χ3v) is 3.98. The van der Waals surface area contributed by atoms with Gasteiger partial charge < -0.3 is 20.3 Å². The highest BCUT2D eigenvalue weighted by molar-refractivity contribution is 5.89. The van der Waals surface area contributed by atoms with Gasteiger partial charge in [-0.05, 0) is 25.0 Å². The van der Waals surface area contributed by atoms with E-state index in [1.807, 2.05) is 12.3 Å². The number of likely N-dealkylation sites (tertiary alicyclic amines) is 1. The highest BCUT2D eigenvalue weighted by atomic mass is 16.4. The molecule has 0 aromatic carbocycles. The van der Waals surface area contributed by atoms with E-state index in [2.05, 4.69) is 20.3 Å². The van der Waals surface area contributed by atoms with E-state index in [0.717, 1.165) is 29.7 Å². The van der Waals surface area contributed by atoms with E-state index in [0.29, 0.717) is 13.1 Å². The first-order valence-corrected chi connectivity index (χ1v) is 7.85. The zero-order valence-corrected chi connectivity index (χ0v) is 13.1. The minimum Gasteiger partial charge on any atom is -0.481 e. The van der Waals surface area contributed by atoms with E-state index >= 15 is 0 Å².